The molecule has 0 N–H and O–H groups in total. The van der Waals surface area contributed by atoms with Crippen LogP contribution in [0.3, 0.4) is 0 Å². The van der Waals surface area contributed by atoms with Crippen molar-refractivity contribution < 1.29 is 4.79 Å². The molecular weight excluding hydrogens is 378 g/mol. The summed E-state index contributed by atoms with van der Waals surface area (Å²) in [7, 11) is 0. The quantitative estimate of drug-likeness (QED) is 0.612. The molecule has 0 radical (unpaired) electrons. The zero-order valence-corrected chi connectivity index (χ0v) is 16.7. The van der Waals surface area contributed by atoms with Crippen molar-refractivity contribution in [3.05, 3.63) is 81.7 Å². The van der Waals surface area contributed by atoms with Gasteiger partial charge in [0, 0.05) is 10.4 Å². The highest BCUT2D eigenvalue weighted by Gasteiger charge is 2.34. The summed E-state index contributed by atoms with van der Waals surface area (Å²) in [6.07, 6.45) is 4.20. The molecule has 1 aliphatic heterocycles. The van der Waals surface area contributed by atoms with E-state index in [1.54, 1.807) is 16.2 Å². The van der Waals surface area contributed by atoms with E-state index >= 15 is 0 Å². The molecule has 0 saturated heterocycles. The molecule has 5 heteroatoms. The van der Waals surface area contributed by atoms with Crippen molar-refractivity contribution in [2.45, 2.75) is 32.2 Å². The topological polar surface area (TPSA) is 56.5 Å². The smallest absolute Gasteiger partial charge is 0.277 e. The number of anilines is 1. The summed E-state index contributed by atoms with van der Waals surface area (Å²) >= 11 is 1.57. The first-order valence-corrected chi connectivity index (χ1v) is 10.7. The van der Waals surface area contributed by atoms with Crippen molar-refractivity contribution in [2.75, 3.05) is 4.90 Å². The number of hydrogen-bond donors (Lipinski definition) is 0. The fourth-order valence-electron chi connectivity index (χ4n) is 4.14. The molecule has 2 aliphatic rings. The van der Waals surface area contributed by atoms with Crippen molar-refractivity contribution in [3.63, 3.8) is 0 Å². The Hall–Kier alpha value is -3.23. The monoisotopic (exact) mass is 397 g/mol. The summed E-state index contributed by atoms with van der Waals surface area (Å²) in [6, 6.07) is 20.1. The third-order valence-electron chi connectivity index (χ3n) is 5.56. The van der Waals surface area contributed by atoms with Gasteiger partial charge in [0.2, 0.25) is 0 Å². The summed E-state index contributed by atoms with van der Waals surface area (Å²) in [4.78, 5) is 21.1. The molecule has 0 spiro atoms. The lowest BCUT2D eigenvalue weighted by Gasteiger charge is -2.16. The number of aliphatic imine (C=N–C) groups is 1. The maximum atomic E-state index is 13.3. The van der Waals surface area contributed by atoms with E-state index in [2.05, 4.69) is 6.07 Å². The second-order valence-corrected chi connectivity index (χ2v) is 8.44. The third kappa shape index (κ3) is 3.06. The highest BCUT2D eigenvalue weighted by Crippen LogP contribution is 2.41. The van der Waals surface area contributed by atoms with Crippen molar-refractivity contribution in [3.8, 4) is 6.07 Å². The number of rotatable bonds is 3. The number of hydrogen-bond acceptors (Lipinski definition) is 4. The number of nitrogens with zero attached hydrogens (tertiary/aromatic N) is 3. The van der Waals surface area contributed by atoms with E-state index in [4.69, 9.17) is 4.99 Å². The number of para-hydroxylation sites is 1. The number of benzene rings is 2. The molecule has 0 saturated carbocycles. The normalized spacial score (nSPS) is 16.6. The van der Waals surface area contributed by atoms with E-state index in [0.29, 0.717) is 22.8 Å². The fraction of sp³-hybridized carbons (Fsp3) is 0.208. The van der Waals surface area contributed by atoms with Crippen LogP contribution in [0.2, 0.25) is 0 Å². The molecule has 142 valence electrons. The van der Waals surface area contributed by atoms with E-state index in [-0.39, 0.29) is 5.91 Å². The number of aryl methyl sites for hydroxylation is 1. The Balaban J connectivity index is 1.59. The third-order valence-corrected chi connectivity index (χ3v) is 6.74. The van der Waals surface area contributed by atoms with Crippen molar-refractivity contribution in [1.82, 2.24) is 0 Å². The van der Waals surface area contributed by atoms with Gasteiger partial charge in [-0.2, -0.15) is 5.26 Å². The molecule has 2 aromatic carbocycles. The van der Waals surface area contributed by atoms with Crippen LogP contribution in [0.5, 0.6) is 0 Å². The van der Waals surface area contributed by atoms with Crippen LogP contribution in [0.25, 0.3) is 0 Å². The maximum Gasteiger partial charge on any atom is 0.277 e. The lowest BCUT2D eigenvalue weighted by atomic mass is 9.96. The molecule has 29 heavy (non-hydrogen) atoms. The molecule has 1 aliphatic carbocycles. The molecular formula is C24H19N3OS. The summed E-state index contributed by atoms with van der Waals surface area (Å²) in [5, 5.41) is 10.4. The van der Waals surface area contributed by atoms with Crippen LogP contribution in [0.4, 0.5) is 10.7 Å². The van der Waals surface area contributed by atoms with Crippen LogP contribution in [-0.2, 0) is 24.2 Å². The second kappa shape index (κ2) is 7.31. The van der Waals surface area contributed by atoms with Crippen LogP contribution in [0, 0.1) is 11.3 Å². The van der Waals surface area contributed by atoms with E-state index in [1.165, 1.54) is 4.88 Å². The lowest BCUT2D eigenvalue weighted by Crippen LogP contribution is -2.29. The predicted octanol–water partition coefficient (Wildman–Crippen LogP) is 5.17. The molecule has 2 heterocycles. The Kier molecular flexibility index (Phi) is 4.49. The van der Waals surface area contributed by atoms with E-state index in [1.807, 2.05) is 54.6 Å². The molecule has 0 unspecified atom stereocenters. The standard InChI is InChI=1S/C24H19N3OS/c25-14-19-17-10-5-7-13-21(17)29-23(19)26-22-18-11-4-6-12-20(18)27(24(22)28)15-16-8-2-1-3-9-16/h1-4,6,8-9,11-12H,5,7,10,13,15H2. The number of fused-ring (bicyclic) bond motifs is 2. The molecule has 3 aromatic rings. The number of amides is 1. The van der Waals surface area contributed by atoms with Gasteiger partial charge in [0.05, 0.1) is 17.8 Å². The first-order valence-electron chi connectivity index (χ1n) is 9.85. The van der Waals surface area contributed by atoms with Crippen molar-refractivity contribution >= 4 is 33.6 Å². The second-order valence-electron chi connectivity index (χ2n) is 7.36. The first-order chi connectivity index (χ1) is 14.3. The maximum absolute atomic E-state index is 13.3. The zero-order valence-electron chi connectivity index (χ0n) is 15.9. The highest BCUT2D eigenvalue weighted by atomic mass is 32.1. The minimum absolute atomic E-state index is 0.106. The van der Waals surface area contributed by atoms with E-state index < -0.39 is 0 Å². The minimum Gasteiger partial charge on any atom is -0.302 e. The lowest BCUT2D eigenvalue weighted by molar-refractivity contribution is -0.112. The number of nitriles is 1. The Morgan fingerprint density at radius 3 is 2.62 bits per heavy atom. The van der Waals surface area contributed by atoms with Gasteiger partial charge in [0.25, 0.3) is 5.91 Å². The van der Waals surface area contributed by atoms with Gasteiger partial charge in [-0.15, -0.1) is 11.3 Å². The van der Waals surface area contributed by atoms with Crippen LogP contribution >= 0.6 is 11.3 Å². The number of carbonyl (C=O) groups excluding carboxylic acids is 1. The van der Waals surface area contributed by atoms with E-state index in [9.17, 15) is 10.1 Å². The van der Waals surface area contributed by atoms with Gasteiger partial charge in [-0.25, -0.2) is 4.99 Å². The van der Waals surface area contributed by atoms with Crippen molar-refractivity contribution in [2.24, 2.45) is 4.99 Å². The molecule has 0 bridgehead atoms. The average Bonchev–Trinajstić information content (AvgIpc) is 3.25. The number of thiophene rings is 1. The van der Waals surface area contributed by atoms with Gasteiger partial charge in [-0.05, 0) is 42.9 Å². The zero-order chi connectivity index (χ0) is 19.8. The molecule has 4 nitrogen and oxygen atoms in total. The van der Waals surface area contributed by atoms with Gasteiger partial charge in [-0.1, -0.05) is 48.5 Å². The van der Waals surface area contributed by atoms with Crippen LogP contribution < -0.4 is 4.90 Å². The SMILES string of the molecule is N#Cc1c(N=C2C(=O)N(Cc3ccccc3)c3ccccc32)sc2c1CCCC2. The first kappa shape index (κ1) is 17.8. The average molecular weight is 398 g/mol. The van der Waals surface area contributed by atoms with Crippen LogP contribution in [0.1, 0.15) is 40.0 Å². The summed E-state index contributed by atoms with van der Waals surface area (Å²) in [5.74, 6) is -0.106. The Bertz CT molecular complexity index is 1170. The van der Waals surface area contributed by atoms with Crippen LogP contribution in [0.15, 0.2) is 59.6 Å². The summed E-state index contributed by atoms with van der Waals surface area (Å²) < 4.78 is 0. The van der Waals surface area contributed by atoms with Gasteiger partial charge in [0.1, 0.15) is 16.8 Å². The predicted molar refractivity (Wildman–Crippen MR) is 116 cm³/mol. The highest BCUT2D eigenvalue weighted by molar-refractivity contribution is 7.16. The van der Waals surface area contributed by atoms with Gasteiger partial charge in [0.15, 0.2) is 0 Å². The van der Waals surface area contributed by atoms with Gasteiger partial charge in [-0.3, -0.25) is 4.79 Å². The molecule has 5 rings (SSSR count). The molecule has 0 fully saturated rings. The molecule has 1 amide bonds. The Morgan fingerprint density at radius 1 is 1.03 bits per heavy atom. The van der Waals surface area contributed by atoms with E-state index in [0.717, 1.165) is 48.1 Å². The van der Waals surface area contributed by atoms with Gasteiger partial charge >= 0.3 is 0 Å². The molecule has 0 atom stereocenters. The summed E-state index contributed by atoms with van der Waals surface area (Å²) in [5.41, 5.74) is 5.02. The molecule has 1 aromatic heterocycles. The fourth-order valence-corrected chi connectivity index (χ4v) is 5.35. The Labute approximate surface area is 173 Å². The minimum atomic E-state index is -0.106. The summed E-state index contributed by atoms with van der Waals surface area (Å²) in [6.45, 7) is 0.502. The Morgan fingerprint density at radius 2 is 1.79 bits per heavy atom. The number of carbonyl (C=O) groups is 1. The van der Waals surface area contributed by atoms with Gasteiger partial charge < -0.3 is 4.90 Å². The largest absolute Gasteiger partial charge is 0.302 e. The van der Waals surface area contributed by atoms with Crippen molar-refractivity contribution in [1.29, 1.82) is 5.26 Å². The van der Waals surface area contributed by atoms with Crippen LogP contribution in [-0.4, -0.2) is 11.6 Å².